The summed E-state index contributed by atoms with van der Waals surface area (Å²) in [6, 6.07) is 9.26. The van der Waals surface area contributed by atoms with E-state index in [9.17, 15) is 4.79 Å². The Balaban J connectivity index is 1.56. The molecular formula is C19H24N4O2. The van der Waals surface area contributed by atoms with E-state index in [1.807, 2.05) is 31.2 Å². The standard InChI is InChI=1S/C19H24N4O2/c1-15-13-18(21-14-20-15)19(24)22(2)16-5-7-17(8-6-16)25-12-11-23-9-3-4-10-23/h5-8,13-14H,3-4,9-12H2,1-2H3. The van der Waals surface area contributed by atoms with Gasteiger partial charge in [-0.1, -0.05) is 0 Å². The molecule has 1 aromatic carbocycles. The number of benzene rings is 1. The molecule has 6 heteroatoms. The van der Waals surface area contributed by atoms with Crippen molar-refractivity contribution in [2.24, 2.45) is 0 Å². The van der Waals surface area contributed by atoms with Gasteiger partial charge in [-0.25, -0.2) is 9.97 Å². The lowest BCUT2D eigenvalue weighted by atomic mass is 10.2. The van der Waals surface area contributed by atoms with Crippen LogP contribution in [0.5, 0.6) is 5.75 Å². The number of nitrogens with zero attached hydrogens (tertiary/aromatic N) is 4. The Morgan fingerprint density at radius 3 is 2.60 bits per heavy atom. The molecule has 0 saturated carbocycles. The highest BCUT2D eigenvalue weighted by Gasteiger charge is 2.15. The Morgan fingerprint density at radius 2 is 1.92 bits per heavy atom. The molecule has 132 valence electrons. The Hall–Kier alpha value is -2.47. The van der Waals surface area contributed by atoms with Crippen LogP contribution in [0.3, 0.4) is 0 Å². The zero-order valence-electron chi connectivity index (χ0n) is 14.8. The number of carbonyl (C=O) groups excluding carboxylic acids is 1. The summed E-state index contributed by atoms with van der Waals surface area (Å²) in [5.41, 5.74) is 1.96. The van der Waals surface area contributed by atoms with Gasteiger partial charge in [-0.15, -0.1) is 0 Å². The number of amides is 1. The summed E-state index contributed by atoms with van der Waals surface area (Å²) in [6.07, 6.45) is 4.00. The van der Waals surface area contributed by atoms with Crippen LogP contribution < -0.4 is 9.64 Å². The second kappa shape index (κ2) is 8.07. The molecule has 1 aromatic heterocycles. The highest BCUT2D eigenvalue weighted by atomic mass is 16.5. The molecule has 0 aliphatic carbocycles. The van der Waals surface area contributed by atoms with E-state index in [0.29, 0.717) is 12.3 Å². The van der Waals surface area contributed by atoms with Gasteiger partial charge < -0.3 is 9.64 Å². The second-order valence-corrected chi connectivity index (χ2v) is 6.30. The average Bonchev–Trinajstić information content (AvgIpc) is 3.14. The fourth-order valence-electron chi connectivity index (χ4n) is 2.93. The number of rotatable bonds is 6. The van der Waals surface area contributed by atoms with Crippen LogP contribution in [0.25, 0.3) is 0 Å². The molecule has 1 fully saturated rings. The molecule has 0 bridgehead atoms. The van der Waals surface area contributed by atoms with Gasteiger partial charge in [-0.3, -0.25) is 9.69 Å². The van der Waals surface area contributed by atoms with Crippen molar-refractivity contribution in [2.75, 3.05) is 38.2 Å². The van der Waals surface area contributed by atoms with Gasteiger partial charge in [0.05, 0.1) is 0 Å². The van der Waals surface area contributed by atoms with Crippen LogP contribution in [-0.2, 0) is 0 Å². The summed E-state index contributed by atoms with van der Waals surface area (Å²) in [4.78, 5) is 24.6. The zero-order chi connectivity index (χ0) is 17.6. The molecule has 0 unspecified atom stereocenters. The van der Waals surface area contributed by atoms with Crippen molar-refractivity contribution >= 4 is 11.6 Å². The summed E-state index contributed by atoms with van der Waals surface area (Å²) in [6.45, 7) is 5.85. The maximum atomic E-state index is 12.5. The van der Waals surface area contributed by atoms with Crippen LogP contribution in [0.4, 0.5) is 5.69 Å². The van der Waals surface area contributed by atoms with Gasteiger partial charge in [0, 0.05) is 25.0 Å². The van der Waals surface area contributed by atoms with Crippen molar-refractivity contribution in [3.8, 4) is 5.75 Å². The molecule has 1 amide bonds. The molecule has 3 rings (SSSR count). The predicted molar refractivity (Wildman–Crippen MR) is 97.1 cm³/mol. The number of aryl methyl sites for hydroxylation is 1. The molecule has 0 spiro atoms. The number of carbonyl (C=O) groups is 1. The van der Waals surface area contributed by atoms with E-state index in [-0.39, 0.29) is 5.91 Å². The largest absolute Gasteiger partial charge is 0.492 e. The maximum absolute atomic E-state index is 12.5. The summed E-state index contributed by atoms with van der Waals surface area (Å²) < 4.78 is 5.80. The van der Waals surface area contributed by atoms with Gasteiger partial charge in [0.1, 0.15) is 24.4 Å². The fraction of sp³-hybridized carbons (Fsp3) is 0.421. The first-order valence-electron chi connectivity index (χ1n) is 8.65. The van der Waals surface area contributed by atoms with Crippen LogP contribution in [0.15, 0.2) is 36.7 Å². The number of aromatic nitrogens is 2. The number of likely N-dealkylation sites (tertiary alicyclic amines) is 1. The average molecular weight is 340 g/mol. The molecule has 25 heavy (non-hydrogen) atoms. The van der Waals surface area contributed by atoms with Crippen molar-refractivity contribution in [2.45, 2.75) is 19.8 Å². The van der Waals surface area contributed by atoms with Gasteiger partial charge in [0.2, 0.25) is 0 Å². The van der Waals surface area contributed by atoms with Gasteiger partial charge in [-0.2, -0.15) is 0 Å². The number of anilines is 1. The minimum Gasteiger partial charge on any atom is -0.492 e. The quantitative estimate of drug-likeness (QED) is 0.809. The third-order valence-corrected chi connectivity index (χ3v) is 4.43. The molecule has 6 nitrogen and oxygen atoms in total. The summed E-state index contributed by atoms with van der Waals surface area (Å²) in [7, 11) is 1.74. The minimum atomic E-state index is -0.159. The minimum absolute atomic E-state index is 0.159. The Kier molecular flexibility index (Phi) is 5.60. The van der Waals surface area contributed by atoms with Gasteiger partial charge in [0.15, 0.2) is 0 Å². The SMILES string of the molecule is Cc1cc(C(=O)N(C)c2ccc(OCCN3CCCC3)cc2)ncn1. The van der Waals surface area contributed by atoms with Crippen LogP contribution in [0.1, 0.15) is 29.0 Å². The van der Waals surface area contributed by atoms with E-state index in [2.05, 4.69) is 14.9 Å². The van der Waals surface area contributed by atoms with E-state index in [1.54, 1.807) is 18.0 Å². The molecule has 1 saturated heterocycles. The molecule has 0 radical (unpaired) electrons. The van der Waals surface area contributed by atoms with Crippen LogP contribution in [0, 0.1) is 6.92 Å². The topological polar surface area (TPSA) is 58.6 Å². The molecular weight excluding hydrogens is 316 g/mol. The smallest absolute Gasteiger partial charge is 0.276 e. The van der Waals surface area contributed by atoms with Gasteiger partial charge in [-0.05, 0) is 63.2 Å². The zero-order valence-corrected chi connectivity index (χ0v) is 14.8. The highest BCUT2D eigenvalue weighted by Crippen LogP contribution is 2.20. The van der Waals surface area contributed by atoms with E-state index in [4.69, 9.17) is 4.74 Å². The van der Waals surface area contributed by atoms with Gasteiger partial charge >= 0.3 is 0 Å². The van der Waals surface area contributed by atoms with Crippen LogP contribution in [-0.4, -0.2) is 54.1 Å². The molecule has 0 atom stereocenters. The van der Waals surface area contributed by atoms with E-state index < -0.39 is 0 Å². The third-order valence-electron chi connectivity index (χ3n) is 4.43. The molecule has 1 aliphatic heterocycles. The monoisotopic (exact) mass is 340 g/mol. The molecule has 2 heterocycles. The maximum Gasteiger partial charge on any atom is 0.276 e. The van der Waals surface area contributed by atoms with Crippen molar-refractivity contribution in [1.29, 1.82) is 0 Å². The second-order valence-electron chi connectivity index (χ2n) is 6.30. The van der Waals surface area contributed by atoms with Crippen molar-refractivity contribution < 1.29 is 9.53 Å². The molecule has 0 N–H and O–H groups in total. The first kappa shape index (κ1) is 17.4. The fourth-order valence-corrected chi connectivity index (χ4v) is 2.93. The Labute approximate surface area is 148 Å². The molecule has 2 aromatic rings. The highest BCUT2D eigenvalue weighted by molar-refractivity contribution is 6.04. The van der Waals surface area contributed by atoms with E-state index in [1.165, 1.54) is 32.3 Å². The van der Waals surface area contributed by atoms with Crippen LogP contribution in [0.2, 0.25) is 0 Å². The van der Waals surface area contributed by atoms with Gasteiger partial charge in [0.25, 0.3) is 5.91 Å². The lowest BCUT2D eigenvalue weighted by molar-refractivity contribution is 0.0988. The lowest BCUT2D eigenvalue weighted by Gasteiger charge is -2.18. The van der Waals surface area contributed by atoms with Crippen molar-refractivity contribution in [3.05, 3.63) is 48.0 Å². The predicted octanol–water partition coefficient (Wildman–Crippen LogP) is 2.54. The Bertz CT molecular complexity index is 712. The lowest BCUT2D eigenvalue weighted by Crippen LogP contribution is -2.27. The first-order valence-corrected chi connectivity index (χ1v) is 8.65. The van der Waals surface area contributed by atoms with E-state index >= 15 is 0 Å². The number of hydrogen-bond acceptors (Lipinski definition) is 5. The van der Waals surface area contributed by atoms with Crippen molar-refractivity contribution in [1.82, 2.24) is 14.9 Å². The summed E-state index contributed by atoms with van der Waals surface area (Å²) in [5.74, 6) is 0.662. The van der Waals surface area contributed by atoms with Crippen LogP contribution >= 0.6 is 0 Å². The normalized spacial score (nSPS) is 14.5. The first-order chi connectivity index (χ1) is 12.1. The third kappa shape index (κ3) is 4.54. The number of hydrogen-bond donors (Lipinski definition) is 0. The molecule has 1 aliphatic rings. The Morgan fingerprint density at radius 1 is 1.20 bits per heavy atom. The summed E-state index contributed by atoms with van der Waals surface area (Å²) in [5, 5.41) is 0. The van der Waals surface area contributed by atoms with E-state index in [0.717, 1.165) is 23.7 Å². The summed E-state index contributed by atoms with van der Waals surface area (Å²) >= 11 is 0. The number of ether oxygens (including phenoxy) is 1. The van der Waals surface area contributed by atoms with Crippen molar-refractivity contribution in [3.63, 3.8) is 0 Å².